The fourth-order valence-corrected chi connectivity index (χ4v) is 5.64. The number of aromatic nitrogens is 1. The van der Waals surface area contributed by atoms with Crippen LogP contribution in [0.3, 0.4) is 0 Å². The lowest BCUT2D eigenvalue weighted by Crippen LogP contribution is -2.43. The number of oxazole rings is 1. The quantitative estimate of drug-likeness (QED) is 0.488. The molecule has 2 heterocycles. The van der Waals surface area contributed by atoms with Crippen molar-refractivity contribution in [3.63, 3.8) is 0 Å². The number of carbonyl (C=O) groups excluding carboxylic acids is 2. The largest absolute Gasteiger partial charge is 0.484 e. The molecule has 2 fully saturated rings. The molecule has 1 N–H and O–H groups in total. The van der Waals surface area contributed by atoms with E-state index in [4.69, 9.17) is 9.15 Å². The summed E-state index contributed by atoms with van der Waals surface area (Å²) in [4.78, 5) is 32.2. The predicted octanol–water partition coefficient (Wildman–Crippen LogP) is 5.12. The Labute approximate surface area is 217 Å². The molecule has 2 amide bonds. The Kier molecular flexibility index (Phi) is 6.45. The van der Waals surface area contributed by atoms with Gasteiger partial charge in [0.2, 0.25) is 11.8 Å². The predicted molar refractivity (Wildman–Crippen MR) is 138 cm³/mol. The second-order valence-electron chi connectivity index (χ2n) is 10.6. The van der Waals surface area contributed by atoms with Gasteiger partial charge in [0.25, 0.3) is 5.91 Å². The number of aryl methyl sites for hydroxylation is 1. The van der Waals surface area contributed by atoms with Crippen molar-refractivity contribution in [3.8, 4) is 5.75 Å². The van der Waals surface area contributed by atoms with Gasteiger partial charge in [-0.15, -0.1) is 0 Å². The van der Waals surface area contributed by atoms with Crippen LogP contribution in [0.15, 0.2) is 53.1 Å². The molecule has 0 radical (unpaired) electrons. The molecule has 6 rings (SSSR count). The van der Waals surface area contributed by atoms with Crippen molar-refractivity contribution in [2.75, 3.05) is 6.54 Å². The standard InChI is InChI=1S/C30H33N3O4/c1-19-5-4-8-22(15-19)28-25-16-24(36-18-27-32-26(17-37-27)29(34)31-23-10-11-23)12-9-20(25)13-14-33(28)30(35)21-6-2-3-7-21/h4-5,8-9,12,15-17,21,23,28H,2-3,6-7,10-11,13-14,18H2,1H3,(H,31,34). The molecule has 37 heavy (non-hydrogen) atoms. The monoisotopic (exact) mass is 499 g/mol. The van der Waals surface area contributed by atoms with Gasteiger partial charge in [-0.25, -0.2) is 4.98 Å². The molecule has 0 spiro atoms. The van der Waals surface area contributed by atoms with Gasteiger partial charge < -0.3 is 19.4 Å². The van der Waals surface area contributed by atoms with Crippen LogP contribution in [0.4, 0.5) is 0 Å². The molecule has 1 atom stereocenters. The Hall–Kier alpha value is -3.61. The minimum absolute atomic E-state index is 0.120. The minimum atomic E-state index is -0.209. The Balaban J connectivity index is 1.24. The first kappa shape index (κ1) is 23.8. The lowest BCUT2D eigenvalue weighted by atomic mass is 9.86. The van der Waals surface area contributed by atoms with Crippen LogP contribution >= 0.6 is 0 Å². The van der Waals surface area contributed by atoms with Gasteiger partial charge in [0.05, 0.1) is 6.04 Å². The van der Waals surface area contributed by atoms with E-state index in [1.807, 2.05) is 6.07 Å². The Bertz CT molecular complexity index is 1310. The molecule has 2 saturated carbocycles. The summed E-state index contributed by atoms with van der Waals surface area (Å²) in [5, 5.41) is 2.91. The number of nitrogens with one attached hydrogen (secondary N) is 1. The molecular formula is C30H33N3O4. The zero-order chi connectivity index (χ0) is 25.4. The lowest BCUT2D eigenvalue weighted by Gasteiger charge is -2.39. The lowest BCUT2D eigenvalue weighted by molar-refractivity contribution is -0.137. The Morgan fingerprint density at radius 2 is 1.95 bits per heavy atom. The fraction of sp³-hybridized carbons (Fsp3) is 0.433. The zero-order valence-electron chi connectivity index (χ0n) is 21.2. The van der Waals surface area contributed by atoms with Crippen LogP contribution in [0.25, 0.3) is 0 Å². The number of amides is 2. The number of carbonyl (C=O) groups is 2. The first-order valence-corrected chi connectivity index (χ1v) is 13.4. The van der Waals surface area contributed by atoms with E-state index in [0.29, 0.717) is 11.6 Å². The van der Waals surface area contributed by atoms with Crippen LogP contribution in [-0.2, 0) is 17.8 Å². The van der Waals surface area contributed by atoms with Crippen LogP contribution in [0.5, 0.6) is 5.75 Å². The number of benzene rings is 2. The molecule has 1 aliphatic heterocycles. The van der Waals surface area contributed by atoms with E-state index in [1.54, 1.807) is 0 Å². The highest BCUT2D eigenvalue weighted by Gasteiger charge is 2.36. The van der Waals surface area contributed by atoms with Gasteiger partial charge in [0, 0.05) is 18.5 Å². The molecule has 1 unspecified atom stereocenters. The number of rotatable bonds is 7. The first-order chi connectivity index (χ1) is 18.0. The van der Waals surface area contributed by atoms with Crippen molar-refractivity contribution >= 4 is 11.8 Å². The summed E-state index contributed by atoms with van der Waals surface area (Å²) in [5.41, 5.74) is 4.93. The molecule has 0 saturated heterocycles. The normalized spacial score (nSPS) is 19.5. The van der Waals surface area contributed by atoms with Gasteiger partial charge in [-0.05, 0) is 67.9 Å². The molecule has 7 nitrogen and oxygen atoms in total. The van der Waals surface area contributed by atoms with Crippen LogP contribution in [-0.4, -0.2) is 34.3 Å². The summed E-state index contributed by atoms with van der Waals surface area (Å²) in [5.74, 6) is 1.24. The average molecular weight is 500 g/mol. The van der Waals surface area contributed by atoms with Crippen LogP contribution in [0.1, 0.15) is 83.2 Å². The summed E-state index contributed by atoms with van der Waals surface area (Å²) < 4.78 is 11.5. The molecule has 0 bridgehead atoms. The van der Waals surface area contributed by atoms with E-state index < -0.39 is 0 Å². The Morgan fingerprint density at radius 3 is 2.73 bits per heavy atom. The second kappa shape index (κ2) is 10.0. The van der Waals surface area contributed by atoms with Gasteiger partial charge in [-0.1, -0.05) is 48.7 Å². The smallest absolute Gasteiger partial charge is 0.273 e. The van der Waals surface area contributed by atoms with E-state index in [9.17, 15) is 9.59 Å². The molecule has 2 aliphatic carbocycles. The third-order valence-corrected chi connectivity index (χ3v) is 7.75. The molecule has 2 aromatic carbocycles. The topological polar surface area (TPSA) is 84.7 Å². The molecule has 7 heteroatoms. The van der Waals surface area contributed by atoms with E-state index in [0.717, 1.165) is 62.6 Å². The van der Waals surface area contributed by atoms with Crippen molar-refractivity contribution in [1.82, 2.24) is 15.2 Å². The highest BCUT2D eigenvalue weighted by Crippen LogP contribution is 2.40. The van der Waals surface area contributed by atoms with E-state index in [1.165, 1.54) is 17.4 Å². The molecule has 1 aromatic heterocycles. The highest BCUT2D eigenvalue weighted by atomic mass is 16.5. The number of ether oxygens (including phenoxy) is 1. The van der Waals surface area contributed by atoms with Gasteiger partial charge >= 0.3 is 0 Å². The molecule has 3 aliphatic rings. The van der Waals surface area contributed by atoms with E-state index in [2.05, 4.69) is 58.5 Å². The maximum Gasteiger partial charge on any atom is 0.273 e. The van der Waals surface area contributed by atoms with Gasteiger partial charge in [-0.3, -0.25) is 9.59 Å². The SMILES string of the molecule is Cc1cccc(C2c3cc(OCc4nc(C(=O)NC5CC5)co4)ccc3CCN2C(=O)C2CCCC2)c1. The van der Waals surface area contributed by atoms with Gasteiger partial charge in [0.1, 0.15) is 12.0 Å². The average Bonchev–Trinajstić information content (AvgIpc) is 3.35. The fourth-order valence-electron chi connectivity index (χ4n) is 5.64. The van der Waals surface area contributed by atoms with Crippen LogP contribution in [0, 0.1) is 12.8 Å². The summed E-state index contributed by atoms with van der Waals surface area (Å²) in [6.45, 7) is 2.93. The van der Waals surface area contributed by atoms with Crippen molar-refractivity contribution < 1.29 is 18.7 Å². The summed E-state index contributed by atoms with van der Waals surface area (Å²) in [6, 6.07) is 14.7. The van der Waals surface area contributed by atoms with Gasteiger partial charge in [-0.2, -0.15) is 0 Å². The summed E-state index contributed by atoms with van der Waals surface area (Å²) in [7, 11) is 0. The number of fused-ring (bicyclic) bond motifs is 1. The van der Waals surface area contributed by atoms with Gasteiger partial charge in [0.15, 0.2) is 12.3 Å². The third-order valence-electron chi connectivity index (χ3n) is 7.75. The number of nitrogens with zero attached hydrogens (tertiary/aromatic N) is 2. The molecular weight excluding hydrogens is 466 g/mol. The summed E-state index contributed by atoms with van der Waals surface area (Å²) in [6.07, 6.45) is 8.50. The summed E-state index contributed by atoms with van der Waals surface area (Å²) >= 11 is 0. The van der Waals surface area contributed by atoms with Crippen molar-refractivity contribution in [2.24, 2.45) is 5.92 Å². The van der Waals surface area contributed by atoms with Crippen LogP contribution in [0.2, 0.25) is 0 Å². The van der Waals surface area contributed by atoms with E-state index in [-0.39, 0.29) is 42.1 Å². The van der Waals surface area contributed by atoms with Crippen molar-refractivity contribution in [1.29, 1.82) is 0 Å². The molecule has 192 valence electrons. The number of hydrogen-bond donors (Lipinski definition) is 1. The van der Waals surface area contributed by atoms with Crippen molar-refractivity contribution in [3.05, 3.63) is 82.6 Å². The number of hydrogen-bond acceptors (Lipinski definition) is 5. The third kappa shape index (κ3) is 5.13. The Morgan fingerprint density at radius 1 is 1.11 bits per heavy atom. The van der Waals surface area contributed by atoms with E-state index >= 15 is 0 Å². The highest BCUT2D eigenvalue weighted by molar-refractivity contribution is 5.92. The zero-order valence-corrected chi connectivity index (χ0v) is 21.2. The molecule has 3 aromatic rings. The first-order valence-electron chi connectivity index (χ1n) is 13.4. The maximum absolute atomic E-state index is 13.6. The maximum atomic E-state index is 13.6. The van der Waals surface area contributed by atoms with Crippen LogP contribution < -0.4 is 10.1 Å². The van der Waals surface area contributed by atoms with Crippen molar-refractivity contribution in [2.45, 2.75) is 70.6 Å². The minimum Gasteiger partial charge on any atom is -0.484 e. The second-order valence-corrected chi connectivity index (χ2v) is 10.6.